The molecule has 1 N–H and O–H groups in total. The van der Waals surface area contributed by atoms with Crippen molar-refractivity contribution in [3.63, 3.8) is 0 Å². The number of rotatable bonds is 5. The lowest BCUT2D eigenvalue weighted by molar-refractivity contribution is -0.115. The summed E-state index contributed by atoms with van der Waals surface area (Å²) in [4.78, 5) is 17.3. The van der Waals surface area contributed by atoms with Crippen LogP contribution in [0.2, 0.25) is 10.0 Å². The summed E-state index contributed by atoms with van der Waals surface area (Å²) in [7, 11) is 0. The summed E-state index contributed by atoms with van der Waals surface area (Å²) >= 11 is 16.9. The fourth-order valence-electron chi connectivity index (χ4n) is 2.73. The van der Waals surface area contributed by atoms with Gasteiger partial charge in [0.1, 0.15) is 12.4 Å². The predicted octanol–water partition coefficient (Wildman–Crippen LogP) is 7.23. The number of nitrogens with one attached hydrogen (secondary N) is 1. The van der Waals surface area contributed by atoms with E-state index in [1.54, 1.807) is 24.3 Å². The molecule has 3 aromatic rings. The van der Waals surface area contributed by atoms with Crippen LogP contribution in [0.5, 0.6) is 5.75 Å². The van der Waals surface area contributed by atoms with Crippen LogP contribution in [-0.4, -0.2) is 11.1 Å². The summed E-state index contributed by atoms with van der Waals surface area (Å²) in [6, 6.07) is 20.7. The average Bonchev–Trinajstić information content (AvgIpc) is 3.10. The first kappa shape index (κ1) is 22.0. The number of halogens is 3. The summed E-state index contributed by atoms with van der Waals surface area (Å²) in [5.41, 5.74) is 2.47. The van der Waals surface area contributed by atoms with Crippen LogP contribution in [0, 0.1) is 0 Å². The molecule has 31 heavy (non-hydrogen) atoms. The first-order valence-electron chi connectivity index (χ1n) is 9.19. The molecule has 0 radical (unpaired) electrons. The van der Waals surface area contributed by atoms with E-state index in [1.807, 2.05) is 48.5 Å². The van der Waals surface area contributed by atoms with E-state index in [9.17, 15) is 4.79 Å². The minimum Gasteiger partial charge on any atom is -0.489 e. The third-order valence-corrected chi connectivity index (χ3v) is 6.55. The van der Waals surface area contributed by atoms with Crippen molar-refractivity contribution in [3.8, 4) is 5.75 Å². The Bertz CT molecular complexity index is 1180. The van der Waals surface area contributed by atoms with Gasteiger partial charge in [-0.2, -0.15) is 0 Å². The van der Waals surface area contributed by atoms with E-state index in [4.69, 9.17) is 27.9 Å². The number of nitrogens with zero attached hydrogens (tertiary/aromatic N) is 1. The summed E-state index contributed by atoms with van der Waals surface area (Å²) in [6.45, 7) is 0.484. The zero-order chi connectivity index (χ0) is 21.8. The third kappa shape index (κ3) is 5.71. The monoisotopic (exact) mass is 532 g/mol. The molecule has 3 aromatic carbocycles. The second-order valence-electron chi connectivity index (χ2n) is 6.54. The maximum absolute atomic E-state index is 12.3. The zero-order valence-electron chi connectivity index (χ0n) is 15.9. The number of carbonyl (C=O) groups is 1. The van der Waals surface area contributed by atoms with Gasteiger partial charge in [0.2, 0.25) is 0 Å². The van der Waals surface area contributed by atoms with Gasteiger partial charge in [-0.25, -0.2) is 4.99 Å². The van der Waals surface area contributed by atoms with Gasteiger partial charge in [-0.05, 0) is 65.4 Å². The van der Waals surface area contributed by atoms with Crippen LogP contribution in [0.3, 0.4) is 0 Å². The first-order valence-corrected chi connectivity index (χ1v) is 11.6. The van der Waals surface area contributed by atoms with Crippen molar-refractivity contribution in [2.24, 2.45) is 4.99 Å². The largest absolute Gasteiger partial charge is 0.489 e. The normalized spacial score (nSPS) is 16.0. The van der Waals surface area contributed by atoms with E-state index < -0.39 is 0 Å². The number of hydrogen-bond acceptors (Lipinski definition) is 4. The predicted molar refractivity (Wildman–Crippen MR) is 132 cm³/mol. The highest BCUT2D eigenvalue weighted by Gasteiger charge is 2.24. The Kier molecular flexibility index (Phi) is 7.02. The molecule has 0 bridgehead atoms. The number of thioether (sulfide) groups is 1. The Morgan fingerprint density at radius 3 is 2.52 bits per heavy atom. The Morgan fingerprint density at radius 2 is 1.77 bits per heavy atom. The second-order valence-corrected chi connectivity index (χ2v) is 9.27. The second kappa shape index (κ2) is 9.92. The van der Waals surface area contributed by atoms with E-state index in [2.05, 4.69) is 26.2 Å². The smallest absolute Gasteiger partial charge is 0.264 e. The highest BCUT2D eigenvalue weighted by atomic mass is 79.9. The van der Waals surface area contributed by atoms with Gasteiger partial charge in [-0.1, -0.05) is 69.5 Å². The van der Waals surface area contributed by atoms with Gasteiger partial charge in [-0.15, -0.1) is 0 Å². The van der Waals surface area contributed by atoms with Gasteiger partial charge in [0, 0.05) is 4.47 Å². The number of amides is 1. The molecule has 0 spiro atoms. The summed E-state index contributed by atoms with van der Waals surface area (Å²) in [5, 5.41) is 3.97. The fourth-order valence-corrected chi connectivity index (χ4v) is 4.16. The van der Waals surface area contributed by atoms with Crippen LogP contribution in [0.4, 0.5) is 5.69 Å². The van der Waals surface area contributed by atoms with Crippen LogP contribution in [-0.2, 0) is 11.4 Å². The van der Waals surface area contributed by atoms with Crippen LogP contribution in [0.25, 0.3) is 6.08 Å². The van der Waals surface area contributed by atoms with Gasteiger partial charge in [0.25, 0.3) is 5.91 Å². The molecule has 8 heteroatoms. The molecule has 156 valence electrons. The van der Waals surface area contributed by atoms with Crippen LogP contribution in [0.1, 0.15) is 11.1 Å². The van der Waals surface area contributed by atoms with E-state index in [-0.39, 0.29) is 5.91 Å². The summed E-state index contributed by atoms with van der Waals surface area (Å²) in [6.07, 6.45) is 1.81. The van der Waals surface area contributed by atoms with Crippen LogP contribution >= 0.6 is 50.9 Å². The number of hydrogen-bond donors (Lipinski definition) is 1. The van der Waals surface area contributed by atoms with E-state index in [0.29, 0.717) is 32.4 Å². The molecule has 1 amide bonds. The van der Waals surface area contributed by atoms with Gasteiger partial charge in [0.15, 0.2) is 5.17 Å². The third-order valence-electron chi connectivity index (χ3n) is 4.30. The Balaban J connectivity index is 1.42. The number of aliphatic imine (C=N–C) groups is 1. The van der Waals surface area contributed by atoms with Crippen molar-refractivity contribution in [3.05, 3.63) is 97.3 Å². The molecule has 1 saturated heterocycles. The molecule has 0 aliphatic carbocycles. The molecule has 1 aliphatic rings. The van der Waals surface area contributed by atoms with Gasteiger partial charge in [-0.3, -0.25) is 4.79 Å². The number of ether oxygens (including phenoxy) is 1. The van der Waals surface area contributed by atoms with E-state index in [0.717, 1.165) is 21.3 Å². The molecular weight excluding hydrogens is 519 g/mol. The summed E-state index contributed by atoms with van der Waals surface area (Å²) in [5.74, 6) is 0.545. The topological polar surface area (TPSA) is 50.7 Å². The van der Waals surface area contributed by atoms with Crippen molar-refractivity contribution in [2.75, 3.05) is 0 Å². The average molecular weight is 534 g/mol. The molecule has 4 rings (SSSR count). The highest BCUT2D eigenvalue weighted by Crippen LogP contribution is 2.34. The van der Waals surface area contributed by atoms with E-state index in [1.165, 1.54) is 11.8 Å². The molecule has 0 atom stereocenters. The molecule has 1 heterocycles. The minimum atomic E-state index is -0.211. The Hall–Kier alpha value is -2.25. The van der Waals surface area contributed by atoms with Gasteiger partial charge in [0.05, 0.1) is 20.6 Å². The fraction of sp³-hybridized carbons (Fsp3) is 0.0435. The van der Waals surface area contributed by atoms with Crippen LogP contribution in [0.15, 0.2) is 81.1 Å². The summed E-state index contributed by atoms with van der Waals surface area (Å²) < 4.78 is 6.85. The standard InChI is InChI=1S/C23H15BrCl2N2O2S/c24-16-8-4-15(5-9-16)13-30-17-10-6-14(7-11-17)12-20-22(29)28-23(31-20)27-19-3-1-2-18(25)21(19)26/h1-12H,13H2,(H,27,28,29)/b20-12-. The lowest BCUT2D eigenvalue weighted by Gasteiger charge is -2.07. The van der Waals surface area contributed by atoms with Crippen molar-refractivity contribution in [1.29, 1.82) is 0 Å². The maximum atomic E-state index is 12.3. The molecule has 4 nitrogen and oxygen atoms in total. The first-order chi connectivity index (χ1) is 15.0. The number of carbonyl (C=O) groups excluding carboxylic acids is 1. The van der Waals surface area contributed by atoms with Gasteiger partial charge >= 0.3 is 0 Å². The Morgan fingerprint density at radius 1 is 1.03 bits per heavy atom. The molecule has 1 aliphatic heterocycles. The Labute approximate surface area is 202 Å². The molecule has 0 saturated carbocycles. The van der Waals surface area contributed by atoms with Crippen molar-refractivity contribution in [1.82, 2.24) is 5.32 Å². The number of amidine groups is 1. The molecular formula is C23H15BrCl2N2O2S. The lowest BCUT2D eigenvalue weighted by atomic mass is 10.2. The van der Waals surface area contributed by atoms with Crippen molar-refractivity contribution >= 4 is 73.7 Å². The van der Waals surface area contributed by atoms with E-state index >= 15 is 0 Å². The molecule has 0 aromatic heterocycles. The van der Waals surface area contributed by atoms with Crippen molar-refractivity contribution in [2.45, 2.75) is 6.61 Å². The molecule has 1 fully saturated rings. The van der Waals surface area contributed by atoms with Crippen molar-refractivity contribution < 1.29 is 9.53 Å². The number of benzene rings is 3. The van der Waals surface area contributed by atoms with Gasteiger partial charge < -0.3 is 10.1 Å². The zero-order valence-corrected chi connectivity index (χ0v) is 19.9. The minimum absolute atomic E-state index is 0.211. The molecule has 0 unspecified atom stereocenters. The highest BCUT2D eigenvalue weighted by molar-refractivity contribution is 9.10. The SMILES string of the molecule is O=C1NC(=Nc2cccc(Cl)c2Cl)S/C1=C\c1ccc(OCc2ccc(Br)cc2)cc1. The van der Waals surface area contributed by atoms with Crippen LogP contribution < -0.4 is 10.1 Å². The maximum Gasteiger partial charge on any atom is 0.264 e. The quantitative estimate of drug-likeness (QED) is 0.352. The lowest BCUT2D eigenvalue weighted by Crippen LogP contribution is -2.19.